The number of halogens is 1. The van der Waals surface area contributed by atoms with Gasteiger partial charge in [0.2, 0.25) is 0 Å². The molecule has 2 N–H and O–H groups in total. The van der Waals surface area contributed by atoms with Crippen LogP contribution in [-0.4, -0.2) is 27.3 Å². The zero-order valence-corrected chi connectivity index (χ0v) is 10.7. The Bertz CT molecular complexity index is 355. The summed E-state index contributed by atoms with van der Waals surface area (Å²) in [7, 11) is 3.54. The molecule has 0 amide bonds. The maximum Gasteiger partial charge on any atom is 0.146 e. The highest BCUT2D eigenvalue weighted by Gasteiger charge is 2.09. The van der Waals surface area contributed by atoms with Gasteiger partial charge in [-0.1, -0.05) is 6.07 Å². The van der Waals surface area contributed by atoms with E-state index in [-0.39, 0.29) is 11.9 Å². The molecule has 1 rings (SSSR count). The first-order chi connectivity index (χ1) is 8.06. The molecule has 3 nitrogen and oxygen atoms in total. The van der Waals surface area contributed by atoms with Crippen molar-refractivity contribution in [3.8, 4) is 0 Å². The highest BCUT2D eigenvalue weighted by atomic mass is 19.1. The average molecular weight is 240 g/mol. The predicted molar refractivity (Wildman–Crippen MR) is 68.8 cm³/mol. The summed E-state index contributed by atoms with van der Waals surface area (Å²) in [6, 6.07) is 5.01. The fraction of sp³-hybridized carbons (Fsp3) is 0.538. The molecule has 0 spiro atoms. The monoisotopic (exact) mass is 240 g/mol. The van der Waals surface area contributed by atoms with E-state index in [1.165, 1.54) is 6.07 Å². The number of nitrogens with two attached hydrogens (primary N) is 1. The van der Waals surface area contributed by atoms with E-state index >= 15 is 0 Å². The molecule has 1 aromatic carbocycles. The smallest absolute Gasteiger partial charge is 0.146 e. The first-order valence-corrected chi connectivity index (χ1v) is 5.81. The fourth-order valence-electron chi connectivity index (χ4n) is 1.68. The van der Waals surface area contributed by atoms with Crippen molar-refractivity contribution in [1.29, 1.82) is 0 Å². The fourth-order valence-corrected chi connectivity index (χ4v) is 1.68. The van der Waals surface area contributed by atoms with E-state index in [2.05, 4.69) is 0 Å². The molecule has 96 valence electrons. The van der Waals surface area contributed by atoms with E-state index in [0.717, 1.165) is 18.5 Å². The van der Waals surface area contributed by atoms with Gasteiger partial charge in [0.05, 0.1) is 5.69 Å². The standard InChI is InChI=1S/C13H21FN2O/c1-10(15)11-5-6-13(12(14)9-11)16(2)7-4-8-17-3/h5-6,9-10H,4,7-8,15H2,1-3H3/t10-/m0/s1. The molecule has 0 bridgehead atoms. The van der Waals surface area contributed by atoms with Crippen molar-refractivity contribution < 1.29 is 9.13 Å². The van der Waals surface area contributed by atoms with Gasteiger partial charge in [-0.15, -0.1) is 0 Å². The van der Waals surface area contributed by atoms with Gasteiger partial charge >= 0.3 is 0 Å². The maximum atomic E-state index is 13.8. The lowest BCUT2D eigenvalue weighted by Gasteiger charge is -2.20. The Labute approximate surface area is 102 Å². The Hall–Kier alpha value is -1.13. The van der Waals surface area contributed by atoms with Gasteiger partial charge in [-0.3, -0.25) is 0 Å². The van der Waals surface area contributed by atoms with Crippen LogP contribution in [0.25, 0.3) is 0 Å². The lowest BCUT2D eigenvalue weighted by atomic mass is 10.1. The summed E-state index contributed by atoms with van der Waals surface area (Å²) >= 11 is 0. The highest BCUT2D eigenvalue weighted by molar-refractivity contribution is 5.48. The van der Waals surface area contributed by atoms with Gasteiger partial charge in [-0.25, -0.2) is 4.39 Å². The van der Waals surface area contributed by atoms with E-state index in [1.54, 1.807) is 13.2 Å². The second-order valence-corrected chi connectivity index (χ2v) is 4.27. The molecule has 0 heterocycles. The first-order valence-electron chi connectivity index (χ1n) is 5.81. The van der Waals surface area contributed by atoms with E-state index < -0.39 is 0 Å². The number of hydrogen-bond acceptors (Lipinski definition) is 3. The molecule has 0 aromatic heterocycles. The van der Waals surface area contributed by atoms with Crippen LogP contribution < -0.4 is 10.6 Å². The third-order valence-electron chi connectivity index (χ3n) is 2.75. The van der Waals surface area contributed by atoms with Gasteiger partial charge < -0.3 is 15.4 Å². The van der Waals surface area contributed by atoms with Crippen molar-refractivity contribution in [3.63, 3.8) is 0 Å². The number of anilines is 1. The van der Waals surface area contributed by atoms with Gasteiger partial charge in [-0.05, 0) is 31.0 Å². The number of nitrogens with zero attached hydrogens (tertiary/aromatic N) is 1. The Morgan fingerprint density at radius 1 is 1.47 bits per heavy atom. The Morgan fingerprint density at radius 3 is 2.71 bits per heavy atom. The zero-order valence-electron chi connectivity index (χ0n) is 10.7. The molecule has 0 unspecified atom stereocenters. The van der Waals surface area contributed by atoms with E-state index in [9.17, 15) is 4.39 Å². The molecule has 0 saturated heterocycles. The minimum absolute atomic E-state index is 0.141. The summed E-state index contributed by atoms with van der Waals surface area (Å²) in [6.07, 6.45) is 0.876. The largest absolute Gasteiger partial charge is 0.385 e. The van der Waals surface area contributed by atoms with Crippen molar-refractivity contribution in [3.05, 3.63) is 29.6 Å². The third-order valence-corrected chi connectivity index (χ3v) is 2.75. The highest BCUT2D eigenvalue weighted by Crippen LogP contribution is 2.21. The quantitative estimate of drug-likeness (QED) is 0.775. The summed E-state index contributed by atoms with van der Waals surface area (Å²) in [4.78, 5) is 1.89. The SMILES string of the molecule is COCCCN(C)c1ccc([C@H](C)N)cc1F. The number of methoxy groups -OCH3 is 1. The second-order valence-electron chi connectivity index (χ2n) is 4.27. The lowest BCUT2D eigenvalue weighted by Crippen LogP contribution is -2.21. The maximum absolute atomic E-state index is 13.8. The normalized spacial score (nSPS) is 12.5. The van der Waals surface area contributed by atoms with Gasteiger partial charge in [0, 0.05) is 33.4 Å². The van der Waals surface area contributed by atoms with Crippen LogP contribution in [-0.2, 0) is 4.74 Å². The lowest BCUT2D eigenvalue weighted by molar-refractivity contribution is 0.196. The van der Waals surface area contributed by atoms with Crippen molar-refractivity contribution in [2.45, 2.75) is 19.4 Å². The van der Waals surface area contributed by atoms with E-state index in [0.29, 0.717) is 12.3 Å². The molecule has 0 radical (unpaired) electrons. The van der Waals surface area contributed by atoms with Crippen LogP contribution in [0.2, 0.25) is 0 Å². The first kappa shape index (κ1) is 13.9. The predicted octanol–water partition coefficient (Wildman–Crippen LogP) is 2.32. The molecule has 0 saturated carbocycles. The van der Waals surface area contributed by atoms with E-state index in [1.807, 2.05) is 24.9 Å². The summed E-state index contributed by atoms with van der Waals surface area (Å²) < 4.78 is 18.8. The van der Waals surface area contributed by atoms with Gasteiger partial charge in [0.25, 0.3) is 0 Å². The minimum Gasteiger partial charge on any atom is -0.385 e. The Morgan fingerprint density at radius 2 is 2.18 bits per heavy atom. The Balaban J connectivity index is 2.70. The van der Waals surface area contributed by atoms with Crippen LogP contribution in [0.1, 0.15) is 24.9 Å². The summed E-state index contributed by atoms with van der Waals surface area (Å²) in [5.41, 5.74) is 7.13. The molecule has 0 aliphatic rings. The number of ether oxygens (including phenoxy) is 1. The second kappa shape index (κ2) is 6.57. The van der Waals surface area contributed by atoms with E-state index in [4.69, 9.17) is 10.5 Å². The zero-order chi connectivity index (χ0) is 12.8. The molecule has 0 fully saturated rings. The molecule has 17 heavy (non-hydrogen) atoms. The number of hydrogen-bond donors (Lipinski definition) is 1. The molecule has 1 atom stereocenters. The third kappa shape index (κ3) is 3.98. The molecular weight excluding hydrogens is 219 g/mol. The van der Waals surface area contributed by atoms with Gasteiger partial charge in [0.1, 0.15) is 5.82 Å². The molecule has 0 aliphatic heterocycles. The van der Waals surface area contributed by atoms with Crippen molar-refractivity contribution in [2.75, 3.05) is 32.2 Å². The van der Waals surface area contributed by atoms with Gasteiger partial charge in [0.15, 0.2) is 0 Å². The van der Waals surface area contributed by atoms with Crippen LogP contribution in [0.15, 0.2) is 18.2 Å². The Kier molecular flexibility index (Phi) is 5.38. The van der Waals surface area contributed by atoms with Crippen LogP contribution in [0.4, 0.5) is 10.1 Å². The van der Waals surface area contributed by atoms with Crippen LogP contribution in [0.3, 0.4) is 0 Å². The molecular formula is C13H21FN2O. The van der Waals surface area contributed by atoms with Crippen LogP contribution >= 0.6 is 0 Å². The van der Waals surface area contributed by atoms with Crippen molar-refractivity contribution in [1.82, 2.24) is 0 Å². The number of benzene rings is 1. The van der Waals surface area contributed by atoms with Crippen LogP contribution in [0, 0.1) is 5.82 Å². The minimum atomic E-state index is -0.222. The van der Waals surface area contributed by atoms with Gasteiger partial charge in [-0.2, -0.15) is 0 Å². The van der Waals surface area contributed by atoms with Crippen molar-refractivity contribution in [2.24, 2.45) is 5.73 Å². The summed E-state index contributed by atoms with van der Waals surface area (Å²) in [5, 5.41) is 0. The molecule has 0 aliphatic carbocycles. The molecule has 4 heteroatoms. The number of rotatable bonds is 6. The average Bonchev–Trinajstić information content (AvgIpc) is 2.28. The van der Waals surface area contributed by atoms with Crippen molar-refractivity contribution >= 4 is 5.69 Å². The summed E-state index contributed by atoms with van der Waals surface area (Å²) in [5.74, 6) is -0.222. The van der Waals surface area contributed by atoms with Crippen LogP contribution in [0.5, 0.6) is 0 Å². The topological polar surface area (TPSA) is 38.5 Å². The molecule has 1 aromatic rings. The summed E-state index contributed by atoms with van der Waals surface area (Å²) in [6.45, 7) is 3.29.